The van der Waals surface area contributed by atoms with E-state index in [1.54, 1.807) is 0 Å². The summed E-state index contributed by atoms with van der Waals surface area (Å²) in [4.78, 5) is 11.2. The Morgan fingerprint density at radius 1 is 1.50 bits per heavy atom. The minimum absolute atomic E-state index is 0.138. The number of carbonyl (C=O) groups is 1. The lowest BCUT2D eigenvalue weighted by atomic mass is 10.4. The quantitative estimate of drug-likeness (QED) is 0.439. The van der Waals surface area contributed by atoms with Crippen LogP contribution in [0.5, 0.6) is 0 Å². The minimum Gasteiger partial charge on any atom is -0.460 e. The third-order valence-corrected chi connectivity index (χ3v) is 4.02. The second kappa shape index (κ2) is 6.55. The van der Waals surface area contributed by atoms with Crippen LogP contribution in [0.1, 0.15) is 17.0 Å². The highest BCUT2D eigenvalue weighted by Crippen LogP contribution is 2.29. The molecule has 0 aliphatic heterocycles. The summed E-state index contributed by atoms with van der Waals surface area (Å²) in [5.74, 6) is -1.00. The van der Waals surface area contributed by atoms with Crippen molar-refractivity contribution in [3.63, 3.8) is 0 Å². The average molecular weight is 362 g/mol. The number of halogens is 2. The van der Waals surface area contributed by atoms with Crippen molar-refractivity contribution < 1.29 is 27.1 Å². The number of rotatable bonds is 6. The number of furan rings is 1. The Balaban J connectivity index is 2.71. The smallest absolute Gasteiger partial charge is 0.374 e. The SMILES string of the molecule is COCCCOC(=O)c1cc(S(=O)(=O)Cl)c(Br)o1. The Bertz CT molecular complexity index is 523. The van der Waals surface area contributed by atoms with Crippen molar-refractivity contribution in [1.29, 1.82) is 0 Å². The van der Waals surface area contributed by atoms with Gasteiger partial charge in [0, 0.05) is 36.9 Å². The molecule has 1 aromatic heterocycles. The molecule has 1 heterocycles. The van der Waals surface area contributed by atoms with Crippen molar-refractivity contribution in [2.45, 2.75) is 11.3 Å². The van der Waals surface area contributed by atoms with Gasteiger partial charge in [-0.15, -0.1) is 0 Å². The van der Waals surface area contributed by atoms with Crippen molar-refractivity contribution in [3.05, 3.63) is 16.5 Å². The highest BCUT2D eigenvalue weighted by atomic mass is 79.9. The van der Waals surface area contributed by atoms with E-state index in [0.29, 0.717) is 13.0 Å². The van der Waals surface area contributed by atoms with Crippen LogP contribution in [0.25, 0.3) is 0 Å². The Hall–Kier alpha value is -0.570. The first kappa shape index (κ1) is 15.5. The maximum Gasteiger partial charge on any atom is 0.374 e. The molecular formula is C9H10BrClO6S. The van der Waals surface area contributed by atoms with Gasteiger partial charge in [-0.25, -0.2) is 13.2 Å². The maximum absolute atomic E-state index is 11.5. The van der Waals surface area contributed by atoms with Gasteiger partial charge in [-0.3, -0.25) is 0 Å². The summed E-state index contributed by atoms with van der Waals surface area (Å²) in [6, 6.07) is 1.01. The van der Waals surface area contributed by atoms with Crippen molar-refractivity contribution in [1.82, 2.24) is 0 Å². The van der Waals surface area contributed by atoms with Gasteiger partial charge in [0.15, 0.2) is 4.67 Å². The van der Waals surface area contributed by atoms with Crippen LogP contribution >= 0.6 is 26.6 Å². The van der Waals surface area contributed by atoms with Gasteiger partial charge in [-0.05, 0) is 15.9 Å². The first-order valence-electron chi connectivity index (χ1n) is 4.76. The molecule has 0 aromatic carbocycles. The van der Waals surface area contributed by atoms with Gasteiger partial charge in [0.05, 0.1) is 6.61 Å². The monoisotopic (exact) mass is 360 g/mol. The topological polar surface area (TPSA) is 82.8 Å². The third kappa shape index (κ3) is 4.27. The molecule has 0 atom stereocenters. The lowest BCUT2D eigenvalue weighted by Gasteiger charge is -2.01. The molecule has 1 aromatic rings. The first-order valence-corrected chi connectivity index (χ1v) is 7.86. The van der Waals surface area contributed by atoms with Crippen molar-refractivity contribution in [2.75, 3.05) is 20.3 Å². The first-order chi connectivity index (χ1) is 8.36. The molecule has 18 heavy (non-hydrogen) atoms. The largest absolute Gasteiger partial charge is 0.460 e. The number of carbonyl (C=O) groups excluding carboxylic acids is 1. The Morgan fingerprint density at radius 3 is 2.67 bits per heavy atom. The fourth-order valence-electron chi connectivity index (χ4n) is 1.06. The fourth-order valence-corrected chi connectivity index (χ4v) is 3.09. The van der Waals surface area contributed by atoms with Gasteiger partial charge in [0.25, 0.3) is 9.05 Å². The van der Waals surface area contributed by atoms with Crippen LogP contribution in [-0.2, 0) is 18.5 Å². The summed E-state index contributed by atoms with van der Waals surface area (Å²) in [5.41, 5.74) is 0. The van der Waals surface area contributed by atoms with E-state index in [4.69, 9.17) is 24.6 Å². The van der Waals surface area contributed by atoms with E-state index in [1.165, 1.54) is 7.11 Å². The average Bonchev–Trinajstić information content (AvgIpc) is 2.66. The molecule has 0 saturated heterocycles. The van der Waals surface area contributed by atoms with E-state index in [-0.39, 0.29) is 21.9 Å². The molecule has 0 aliphatic rings. The van der Waals surface area contributed by atoms with Crippen LogP contribution < -0.4 is 0 Å². The third-order valence-electron chi connectivity index (χ3n) is 1.85. The molecule has 102 valence electrons. The summed E-state index contributed by atoms with van der Waals surface area (Å²) in [7, 11) is 2.70. The second-order valence-electron chi connectivity index (χ2n) is 3.17. The minimum atomic E-state index is -3.97. The van der Waals surface area contributed by atoms with Crippen molar-refractivity contribution >= 4 is 41.6 Å². The summed E-state index contributed by atoms with van der Waals surface area (Å²) >= 11 is 2.86. The molecule has 0 radical (unpaired) electrons. The standard InChI is InChI=1S/C9H10BrClO6S/c1-15-3-2-4-16-9(12)6-5-7(8(10)17-6)18(11,13)14/h5H,2-4H2,1H3. The molecule has 0 unspecified atom stereocenters. The summed E-state index contributed by atoms with van der Waals surface area (Å²) in [5, 5.41) is 0. The van der Waals surface area contributed by atoms with Gasteiger partial charge < -0.3 is 13.9 Å². The molecule has 0 N–H and O–H groups in total. The lowest BCUT2D eigenvalue weighted by Crippen LogP contribution is -2.07. The summed E-state index contributed by atoms with van der Waals surface area (Å²) < 4.78 is 36.6. The van der Waals surface area contributed by atoms with Crippen LogP contribution in [0, 0.1) is 0 Å². The zero-order valence-electron chi connectivity index (χ0n) is 9.31. The Morgan fingerprint density at radius 2 is 2.17 bits per heavy atom. The molecule has 1 rings (SSSR count). The second-order valence-corrected chi connectivity index (χ2v) is 6.42. The van der Waals surface area contributed by atoms with Gasteiger partial charge in [0.2, 0.25) is 5.76 Å². The van der Waals surface area contributed by atoms with Gasteiger partial charge in [0.1, 0.15) is 4.90 Å². The molecule has 0 fully saturated rings. The van der Waals surface area contributed by atoms with Crippen LogP contribution in [-0.4, -0.2) is 34.7 Å². The Kier molecular flexibility index (Phi) is 5.64. The van der Waals surface area contributed by atoms with E-state index in [9.17, 15) is 13.2 Å². The highest BCUT2D eigenvalue weighted by molar-refractivity contribution is 9.10. The van der Waals surface area contributed by atoms with Crippen LogP contribution in [0.2, 0.25) is 0 Å². The predicted molar refractivity (Wildman–Crippen MR) is 66.2 cm³/mol. The van der Waals surface area contributed by atoms with E-state index in [2.05, 4.69) is 15.9 Å². The molecule has 0 amide bonds. The predicted octanol–water partition coefficient (Wildman–Crippen LogP) is 2.16. The van der Waals surface area contributed by atoms with E-state index in [0.717, 1.165) is 6.07 Å². The van der Waals surface area contributed by atoms with Crippen LogP contribution in [0.3, 0.4) is 0 Å². The maximum atomic E-state index is 11.5. The molecule has 0 aliphatic carbocycles. The summed E-state index contributed by atoms with van der Waals surface area (Å²) in [6.45, 7) is 0.602. The summed E-state index contributed by atoms with van der Waals surface area (Å²) in [6.07, 6.45) is 0.533. The van der Waals surface area contributed by atoms with Gasteiger partial charge in [-0.2, -0.15) is 0 Å². The number of ether oxygens (including phenoxy) is 2. The van der Waals surface area contributed by atoms with Gasteiger partial charge >= 0.3 is 5.97 Å². The van der Waals surface area contributed by atoms with E-state index in [1.807, 2.05) is 0 Å². The highest BCUT2D eigenvalue weighted by Gasteiger charge is 2.23. The number of hydrogen-bond acceptors (Lipinski definition) is 6. The van der Waals surface area contributed by atoms with Crippen molar-refractivity contribution in [2.24, 2.45) is 0 Å². The van der Waals surface area contributed by atoms with E-state index < -0.39 is 15.0 Å². The number of methoxy groups -OCH3 is 1. The molecular weight excluding hydrogens is 352 g/mol. The molecule has 0 spiro atoms. The van der Waals surface area contributed by atoms with Crippen molar-refractivity contribution in [3.8, 4) is 0 Å². The Labute approximate surface area is 117 Å². The normalized spacial score (nSPS) is 11.5. The van der Waals surface area contributed by atoms with E-state index >= 15 is 0 Å². The zero-order valence-corrected chi connectivity index (χ0v) is 12.5. The lowest BCUT2D eigenvalue weighted by molar-refractivity contribution is 0.0431. The molecule has 0 bridgehead atoms. The molecule has 0 saturated carbocycles. The van der Waals surface area contributed by atoms with Crippen LogP contribution in [0.4, 0.5) is 0 Å². The number of esters is 1. The van der Waals surface area contributed by atoms with Gasteiger partial charge in [-0.1, -0.05) is 0 Å². The molecule has 6 nitrogen and oxygen atoms in total. The van der Waals surface area contributed by atoms with Crippen LogP contribution in [0.15, 0.2) is 20.0 Å². The number of hydrogen-bond donors (Lipinski definition) is 0. The molecule has 9 heteroatoms. The fraction of sp³-hybridized carbons (Fsp3) is 0.444. The zero-order chi connectivity index (χ0) is 13.8.